The Bertz CT molecular complexity index is 1480. The van der Waals surface area contributed by atoms with Crippen molar-refractivity contribution in [3.63, 3.8) is 0 Å². The second-order valence-corrected chi connectivity index (χ2v) is 7.43. The molecule has 0 unspecified atom stereocenters. The lowest BCUT2D eigenvalue weighted by Crippen LogP contribution is -2.21. The number of carboxylic acids is 1. The zero-order valence-corrected chi connectivity index (χ0v) is 19.1. The van der Waals surface area contributed by atoms with Crippen molar-refractivity contribution in [3.8, 4) is 28.2 Å². The molecule has 0 bridgehead atoms. The van der Waals surface area contributed by atoms with E-state index in [0.717, 1.165) is 39.7 Å². The maximum atomic E-state index is 10.6. The topological polar surface area (TPSA) is 132 Å². The van der Waals surface area contributed by atoms with E-state index in [9.17, 15) is 13.2 Å². The molecule has 5 aromatic rings. The average molecular weight is 509 g/mol. The number of anilines is 2. The van der Waals surface area contributed by atoms with E-state index >= 15 is 0 Å². The van der Waals surface area contributed by atoms with Gasteiger partial charge in [-0.25, -0.2) is 19.4 Å². The first-order valence-electron chi connectivity index (χ1n) is 10.6. The minimum atomic E-state index is -5.08. The Hall–Kier alpha value is -5.07. The fraction of sp³-hybridized carbons (Fsp3) is 0.0833. The molecule has 0 radical (unpaired) electrons. The molecule has 0 atom stereocenters. The van der Waals surface area contributed by atoms with Crippen molar-refractivity contribution in [2.45, 2.75) is 13.1 Å². The number of nitrogens with zero attached hydrogens (tertiary/aromatic N) is 6. The molecule has 0 aliphatic carbocycles. The highest BCUT2D eigenvalue weighted by Gasteiger charge is 2.38. The predicted octanol–water partition coefficient (Wildman–Crippen LogP) is 5.06. The van der Waals surface area contributed by atoms with Crippen molar-refractivity contribution in [2.24, 2.45) is 0 Å². The maximum Gasteiger partial charge on any atom is 0.490 e. The molecule has 4 aromatic heterocycles. The second-order valence-electron chi connectivity index (χ2n) is 7.43. The van der Waals surface area contributed by atoms with Crippen molar-refractivity contribution in [3.05, 3.63) is 85.4 Å². The smallest absolute Gasteiger partial charge is 0.475 e. The summed E-state index contributed by atoms with van der Waals surface area (Å²) in [7, 11) is 0. The maximum absolute atomic E-state index is 10.6. The highest BCUT2D eigenvalue weighted by Crippen LogP contribution is 2.31. The lowest BCUT2D eigenvalue weighted by molar-refractivity contribution is -0.192. The van der Waals surface area contributed by atoms with Crippen LogP contribution in [0.1, 0.15) is 5.82 Å². The molecule has 4 heterocycles. The van der Waals surface area contributed by atoms with E-state index < -0.39 is 12.1 Å². The minimum Gasteiger partial charge on any atom is -0.475 e. The zero-order valence-electron chi connectivity index (χ0n) is 19.1. The summed E-state index contributed by atoms with van der Waals surface area (Å²) in [5, 5.41) is 18.9. The van der Waals surface area contributed by atoms with Gasteiger partial charge in [0.2, 0.25) is 0 Å². The number of aryl methyl sites for hydroxylation is 1. The molecular weight excluding hydrogens is 491 g/mol. The van der Waals surface area contributed by atoms with Crippen LogP contribution >= 0.6 is 0 Å². The van der Waals surface area contributed by atoms with Crippen LogP contribution in [0.2, 0.25) is 0 Å². The van der Waals surface area contributed by atoms with Gasteiger partial charge in [0.1, 0.15) is 29.9 Å². The van der Waals surface area contributed by atoms with Gasteiger partial charge in [-0.2, -0.15) is 18.3 Å². The number of alkyl halides is 3. The standard InChI is InChI=1S/C22H17N7O.C2HF3O2/c1-15-25-14-29(27-15)18-7-5-17(6-8-18)26-21-12-16(9-11-24-21)22-19(13-30-28-22)20-4-2-3-10-23-20;3-2(4,5)1(6)7/h2-14H,1H3,(H,24,26);(H,6,7). The largest absolute Gasteiger partial charge is 0.490 e. The first-order chi connectivity index (χ1) is 17.7. The van der Waals surface area contributed by atoms with Crippen molar-refractivity contribution in [1.82, 2.24) is 29.9 Å². The lowest BCUT2D eigenvalue weighted by Gasteiger charge is -2.08. The summed E-state index contributed by atoms with van der Waals surface area (Å²) in [5.41, 5.74) is 5.09. The number of benzene rings is 1. The van der Waals surface area contributed by atoms with Crippen LogP contribution in [0.4, 0.5) is 24.7 Å². The van der Waals surface area contributed by atoms with Crippen LogP contribution < -0.4 is 5.32 Å². The molecular formula is C24H18F3N7O3. The number of hydrogen-bond donors (Lipinski definition) is 2. The van der Waals surface area contributed by atoms with Crippen molar-refractivity contribution in [1.29, 1.82) is 0 Å². The van der Waals surface area contributed by atoms with Crippen molar-refractivity contribution < 1.29 is 27.6 Å². The quantitative estimate of drug-likeness (QED) is 0.333. The van der Waals surface area contributed by atoms with Crippen molar-refractivity contribution >= 4 is 17.5 Å². The second kappa shape index (κ2) is 10.7. The van der Waals surface area contributed by atoms with Gasteiger partial charge in [-0.1, -0.05) is 11.2 Å². The summed E-state index contributed by atoms with van der Waals surface area (Å²) in [6.07, 6.45) is 1.70. The SMILES string of the molecule is Cc1ncn(-c2ccc(Nc3cc(-c4nocc4-c4ccccn4)ccn3)cc2)n1.O=C(O)C(F)(F)F. The predicted molar refractivity (Wildman–Crippen MR) is 126 cm³/mol. The van der Waals surface area contributed by atoms with Crippen LogP contribution in [-0.4, -0.2) is 47.1 Å². The van der Waals surface area contributed by atoms with Crippen LogP contribution in [0.15, 0.2) is 84.1 Å². The Balaban J connectivity index is 0.000000405. The van der Waals surface area contributed by atoms with E-state index in [1.165, 1.54) is 0 Å². The monoisotopic (exact) mass is 509 g/mol. The first-order valence-corrected chi connectivity index (χ1v) is 10.6. The molecule has 0 aliphatic heterocycles. The molecule has 37 heavy (non-hydrogen) atoms. The third-order valence-corrected chi connectivity index (χ3v) is 4.80. The summed E-state index contributed by atoms with van der Waals surface area (Å²) < 4.78 is 38.7. The van der Waals surface area contributed by atoms with Crippen LogP contribution in [0, 0.1) is 6.92 Å². The summed E-state index contributed by atoms with van der Waals surface area (Å²) in [5.74, 6) is -1.32. The molecule has 0 amide bonds. The van der Waals surface area contributed by atoms with E-state index in [1.807, 2.05) is 61.5 Å². The number of aromatic nitrogens is 6. The summed E-state index contributed by atoms with van der Waals surface area (Å²) >= 11 is 0. The van der Waals surface area contributed by atoms with Gasteiger partial charge in [0.15, 0.2) is 0 Å². The van der Waals surface area contributed by atoms with Gasteiger partial charge in [0, 0.05) is 23.6 Å². The fourth-order valence-corrected chi connectivity index (χ4v) is 3.11. The Morgan fingerprint density at radius 2 is 1.78 bits per heavy atom. The van der Waals surface area contributed by atoms with Crippen LogP contribution in [0.25, 0.3) is 28.2 Å². The van der Waals surface area contributed by atoms with E-state index in [1.54, 1.807) is 29.7 Å². The number of hydrogen-bond acceptors (Lipinski definition) is 8. The van der Waals surface area contributed by atoms with Gasteiger partial charge in [0.25, 0.3) is 0 Å². The highest BCUT2D eigenvalue weighted by atomic mass is 19.4. The number of rotatable bonds is 5. The molecule has 0 spiro atoms. The summed E-state index contributed by atoms with van der Waals surface area (Å²) in [6.45, 7) is 1.86. The molecule has 10 nitrogen and oxygen atoms in total. The first kappa shape index (κ1) is 25.0. The number of carbonyl (C=O) groups is 1. The van der Waals surface area contributed by atoms with Crippen LogP contribution in [0.3, 0.4) is 0 Å². The Morgan fingerprint density at radius 1 is 1.03 bits per heavy atom. The van der Waals surface area contributed by atoms with E-state index in [4.69, 9.17) is 14.4 Å². The van der Waals surface area contributed by atoms with Gasteiger partial charge >= 0.3 is 12.1 Å². The Morgan fingerprint density at radius 3 is 2.41 bits per heavy atom. The molecule has 188 valence electrons. The van der Waals surface area contributed by atoms with Crippen molar-refractivity contribution in [2.75, 3.05) is 5.32 Å². The third-order valence-electron chi connectivity index (χ3n) is 4.80. The number of carboxylic acid groups (broad SMARTS) is 1. The summed E-state index contributed by atoms with van der Waals surface area (Å²) in [6, 6.07) is 17.4. The van der Waals surface area contributed by atoms with Gasteiger partial charge < -0.3 is 14.9 Å². The van der Waals surface area contributed by atoms with Gasteiger partial charge in [0.05, 0.1) is 16.9 Å². The number of halogens is 3. The molecule has 0 saturated carbocycles. The van der Waals surface area contributed by atoms with E-state index in [-0.39, 0.29) is 0 Å². The van der Waals surface area contributed by atoms with Crippen LogP contribution in [-0.2, 0) is 4.79 Å². The zero-order chi connectivity index (χ0) is 26.4. The Kier molecular flexibility index (Phi) is 7.23. The lowest BCUT2D eigenvalue weighted by atomic mass is 10.1. The average Bonchev–Trinajstić information content (AvgIpc) is 3.55. The highest BCUT2D eigenvalue weighted by molar-refractivity contribution is 5.79. The van der Waals surface area contributed by atoms with E-state index in [2.05, 4.69) is 30.5 Å². The normalized spacial score (nSPS) is 10.9. The number of pyridine rings is 2. The molecule has 2 N–H and O–H groups in total. The molecule has 5 rings (SSSR count). The van der Waals surface area contributed by atoms with Gasteiger partial charge in [-0.3, -0.25) is 4.98 Å². The minimum absolute atomic E-state index is 0.701. The fourth-order valence-electron chi connectivity index (χ4n) is 3.11. The van der Waals surface area contributed by atoms with Gasteiger partial charge in [-0.05, 0) is 55.5 Å². The molecule has 13 heteroatoms. The molecule has 0 aliphatic rings. The van der Waals surface area contributed by atoms with E-state index in [0.29, 0.717) is 5.82 Å². The number of aliphatic carboxylic acids is 1. The molecule has 0 fully saturated rings. The van der Waals surface area contributed by atoms with Crippen LogP contribution in [0.5, 0.6) is 0 Å². The third kappa shape index (κ3) is 6.33. The molecule has 0 saturated heterocycles. The number of nitrogens with one attached hydrogen (secondary N) is 1. The van der Waals surface area contributed by atoms with Gasteiger partial charge in [-0.15, -0.1) is 0 Å². The Labute approximate surface area is 207 Å². The molecule has 1 aromatic carbocycles. The summed E-state index contributed by atoms with van der Waals surface area (Å²) in [4.78, 5) is 21.9.